The fraction of sp³-hybridized carbons (Fsp3) is 0.538. The monoisotopic (exact) mass is 313 g/mol. The lowest BCUT2D eigenvalue weighted by Gasteiger charge is -2.30. The standard InChI is InChI=1S/C13H19N3O4S/c1-20-13-11(6-3-7-14-13)15-12(17)10-5-4-8-16(9-10)21(2,18)19/h3,6-7,10H,4-5,8-9H2,1-2H3,(H,15,17)/t10-/m1/s1. The van der Waals surface area contributed by atoms with Crippen LogP contribution in [0.4, 0.5) is 5.69 Å². The second-order valence-electron chi connectivity index (χ2n) is 5.01. The van der Waals surface area contributed by atoms with Crippen LogP contribution < -0.4 is 10.1 Å². The van der Waals surface area contributed by atoms with Gasteiger partial charge in [-0.15, -0.1) is 0 Å². The lowest BCUT2D eigenvalue weighted by atomic mass is 9.99. The van der Waals surface area contributed by atoms with Crippen molar-refractivity contribution >= 4 is 21.6 Å². The van der Waals surface area contributed by atoms with Crippen molar-refractivity contribution in [1.29, 1.82) is 0 Å². The van der Waals surface area contributed by atoms with E-state index in [4.69, 9.17) is 4.74 Å². The molecule has 1 N–H and O–H groups in total. The number of carbonyl (C=O) groups excluding carboxylic acids is 1. The van der Waals surface area contributed by atoms with Crippen molar-refractivity contribution in [2.24, 2.45) is 5.92 Å². The van der Waals surface area contributed by atoms with Gasteiger partial charge in [-0.25, -0.2) is 17.7 Å². The molecule has 0 aromatic carbocycles. The number of hydrogen-bond acceptors (Lipinski definition) is 5. The lowest BCUT2D eigenvalue weighted by Crippen LogP contribution is -2.43. The molecule has 1 aromatic rings. The summed E-state index contributed by atoms with van der Waals surface area (Å²) < 4.78 is 29.6. The number of nitrogens with one attached hydrogen (secondary N) is 1. The van der Waals surface area contributed by atoms with Crippen molar-refractivity contribution in [3.05, 3.63) is 18.3 Å². The van der Waals surface area contributed by atoms with Gasteiger partial charge < -0.3 is 10.1 Å². The van der Waals surface area contributed by atoms with E-state index >= 15 is 0 Å². The predicted octanol–water partition coefficient (Wildman–Crippen LogP) is 0.700. The van der Waals surface area contributed by atoms with Crippen LogP contribution in [0, 0.1) is 5.92 Å². The van der Waals surface area contributed by atoms with Crippen molar-refractivity contribution in [3.63, 3.8) is 0 Å². The first-order valence-corrected chi connectivity index (χ1v) is 8.51. The molecule has 1 aliphatic heterocycles. The van der Waals surface area contributed by atoms with Gasteiger partial charge in [0.1, 0.15) is 5.69 Å². The number of carbonyl (C=O) groups is 1. The second kappa shape index (κ2) is 6.40. The molecule has 0 saturated carbocycles. The number of pyridine rings is 1. The van der Waals surface area contributed by atoms with E-state index in [-0.39, 0.29) is 18.4 Å². The van der Waals surface area contributed by atoms with Crippen LogP contribution in [0.15, 0.2) is 18.3 Å². The third-order valence-electron chi connectivity index (χ3n) is 3.45. The maximum Gasteiger partial charge on any atom is 0.237 e. The van der Waals surface area contributed by atoms with E-state index in [2.05, 4.69) is 10.3 Å². The smallest absolute Gasteiger partial charge is 0.237 e. The van der Waals surface area contributed by atoms with Crippen LogP contribution in [0.1, 0.15) is 12.8 Å². The third-order valence-corrected chi connectivity index (χ3v) is 4.72. The highest BCUT2D eigenvalue weighted by Gasteiger charge is 2.30. The number of rotatable bonds is 4. The minimum atomic E-state index is -3.26. The lowest BCUT2D eigenvalue weighted by molar-refractivity contribution is -0.120. The van der Waals surface area contributed by atoms with Crippen molar-refractivity contribution in [3.8, 4) is 5.88 Å². The molecule has 1 aromatic heterocycles. The fourth-order valence-corrected chi connectivity index (χ4v) is 3.25. The van der Waals surface area contributed by atoms with Gasteiger partial charge in [-0.05, 0) is 25.0 Å². The number of anilines is 1. The summed E-state index contributed by atoms with van der Waals surface area (Å²) in [4.78, 5) is 16.3. The summed E-state index contributed by atoms with van der Waals surface area (Å²) in [6.45, 7) is 0.687. The van der Waals surface area contributed by atoms with E-state index in [1.54, 1.807) is 18.3 Å². The molecule has 0 aliphatic carbocycles. The van der Waals surface area contributed by atoms with Crippen LogP contribution in [-0.4, -0.2) is 50.1 Å². The molecule has 1 atom stereocenters. The summed E-state index contributed by atoms with van der Waals surface area (Å²) in [5.74, 6) is -0.241. The number of piperidine rings is 1. The van der Waals surface area contributed by atoms with Gasteiger partial charge in [-0.1, -0.05) is 0 Å². The summed E-state index contributed by atoms with van der Waals surface area (Å²) in [6, 6.07) is 3.39. The fourth-order valence-electron chi connectivity index (χ4n) is 2.34. The van der Waals surface area contributed by atoms with Crippen molar-refractivity contribution in [1.82, 2.24) is 9.29 Å². The van der Waals surface area contributed by atoms with Crippen LogP contribution in [0.2, 0.25) is 0 Å². The van der Waals surface area contributed by atoms with Crippen molar-refractivity contribution in [2.45, 2.75) is 12.8 Å². The first-order valence-electron chi connectivity index (χ1n) is 6.67. The summed E-state index contributed by atoms with van der Waals surface area (Å²) >= 11 is 0. The van der Waals surface area contributed by atoms with E-state index in [9.17, 15) is 13.2 Å². The van der Waals surface area contributed by atoms with Gasteiger partial charge in [-0.2, -0.15) is 0 Å². The van der Waals surface area contributed by atoms with E-state index in [0.29, 0.717) is 31.0 Å². The molecule has 116 valence electrons. The Hall–Kier alpha value is -1.67. The molecule has 2 rings (SSSR count). The Morgan fingerprint density at radius 1 is 1.52 bits per heavy atom. The number of nitrogens with zero attached hydrogens (tertiary/aromatic N) is 2. The number of methoxy groups -OCH3 is 1. The molecule has 2 heterocycles. The van der Waals surface area contributed by atoms with Crippen LogP contribution in [0.25, 0.3) is 0 Å². The van der Waals surface area contributed by atoms with Crippen molar-refractivity contribution < 1.29 is 17.9 Å². The van der Waals surface area contributed by atoms with Gasteiger partial charge in [0, 0.05) is 19.3 Å². The topological polar surface area (TPSA) is 88.6 Å². The van der Waals surface area contributed by atoms with Crippen LogP contribution in [0.5, 0.6) is 5.88 Å². The van der Waals surface area contributed by atoms with E-state index in [1.807, 2.05) is 0 Å². The number of ether oxygens (including phenoxy) is 1. The first-order chi connectivity index (χ1) is 9.91. The number of sulfonamides is 1. The van der Waals surface area contributed by atoms with E-state index in [1.165, 1.54) is 11.4 Å². The molecule has 1 saturated heterocycles. The molecule has 21 heavy (non-hydrogen) atoms. The first kappa shape index (κ1) is 15.7. The summed E-state index contributed by atoms with van der Waals surface area (Å²) in [5.41, 5.74) is 0.487. The van der Waals surface area contributed by atoms with Crippen LogP contribution in [-0.2, 0) is 14.8 Å². The summed E-state index contributed by atoms with van der Waals surface area (Å²) in [7, 11) is -1.79. The molecule has 7 nitrogen and oxygen atoms in total. The van der Waals surface area contributed by atoms with Crippen molar-refractivity contribution in [2.75, 3.05) is 31.8 Å². The zero-order valence-electron chi connectivity index (χ0n) is 12.1. The zero-order valence-corrected chi connectivity index (χ0v) is 12.9. The largest absolute Gasteiger partial charge is 0.480 e. The average molecular weight is 313 g/mol. The van der Waals surface area contributed by atoms with Gasteiger partial charge >= 0.3 is 0 Å². The SMILES string of the molecule is COc1ncccc1NC(=O)[C@@H]1CCCN(S(C)(=O)=O)C1. The Morgan fingerprint density at radius 3 is 2.95 bits per heavy atom. The van der Waals surface area contributed by atoms with Crippen LogP contribution >= 0.6 is 0 Å². The maximum atomic E-state index is 12.3. The zero-order chi connectivity index (χ0) is 15.5. The Morgan fingerprint density at radius 2 is 2.29 bits per heavy atom. The molecule has 0 unspecified atom stereocenters. The molecule has 1 fully saturated rings. The molecule has 0 spiro atoms. The minimum absolute atomic E-state index is 0.213. The number of amides is 1. The molecule has 8 heteroatoms. The highest BCUT2D eigenvalue weighted by Crippen LogP contribution is 2.24. The van der Waals surface area contributed by atoms with Gasteiger partial charge in [0.15, 0.2) is 0 Å². The maximum absolute atomic E-state index is 12.3. The third kappa shape index (κ3) is 3.92. The van der Waals surface area contributed by atoms with Gasteiger partial charge in [0.25, 0.3) is 0 Å². The average Bonchev–Trinajstić information content (AvgIpc) is 2.47. The van der Waals surface area contributed by atoms with E-state index in [0.717, 1.165) is 6.26 Å². The summed E-state index contributed by atoms with van der Waals surface area (Å²) in [5, 5.41) is 2.76. The molecule has 0 bridgehead atoms. The van der Waals surface area contributed by atoms with Gasteiger partial charge in [0.2, 0.25) is 21.8 Å². The Kier molecular flexibility index (Phi) is 4.79. The van der Waals surface area contributed by atoms with Gasteiger partial charge in [0.05, 0.1) is 19.3 Å². The summed E-state index contributed by atoms with van der Waals surface area (Å²) in [6.07, 6.45) is 4.08. The molecule has 1 amide bonds. The Labute approximate surface area is 124 Å². The van der Waals surface area contributed by atoms with E-state index < -0.39 is 10.0 Å². The normalized spacial score (nSPS) is 20.0. The van der Waals surface area contributed by atoms with Crippen LogP contribution in [0.3, 0.4) is 0 Å². The molecular weight excluding hydrogens is 294 g/mol. The molecule has 1 aliphatic rings. The Balaban J connectivity index is 2.06. The number of aromatic nitrogens is 1. The Bertz CT molecular complexity index is 618. The predicted molar refractivity (Wildman–Crippen MR) is 78.6 cm³/mol. The molecular formula is C13H19N3O4S. The quantitative estimate of drug-likeness (QED) is 0.884. The van der Waals surface area contributed by atoms with Gasteiger partial charge in [-0.3, -0.25) is 4.79 Å². The molecule has 0 radical (unpaired) electrons. The minimum Gasteiger partial charge on any atom is -0.480 e. The highest BCUT2D eigenvalue weighted by atomic mass is 32.2. The number of hydrogen-bond donors (Lipinski definition) is 1. The second-order valence-corrected chi connectivity index (χ2v) is 6.99. The highest BCUT2D eigenvalue weighted by molar-refractivity contribution is 7.88.